The third-order valence-corrected chi connectivity index (χ3v) is 5.83. The molecule has 1 fully saturated rings. The van der Waals surface area contributed by atoms with Crippen molar-refractivity contribution in [3.63, 3.8) is 0 Å². The highest BCUT2D eigenvalue weighted by Crippen LogP contribution is 2.43. The van der Waals surface area contributed by atoms with E-state index in [0.717, 1.165) is 0 Å². The first-order valence-electron chi connectivity index (χ1n) is 10.8. The SMILES string of the molecule is Cc1cc(N2C(=O)C(=O)/C(=C(\O)c3ccc(Cl)cc3)C2c2cccc(Oc3ccccc3)c2)no1. The minimum absolute atomic E-state index is 0.0742. The third kappa shape index (κ3) is 4.29. The first-order valence-corrected chi connectivity index (χ1v) is 11.1. The van der Waals surface area contributed by atoms with Crippen LogP contribution >= 0.6 is 11.6 Å². The zero-order valence-corrected chi connectivity index (χ0v) is 19.3. The lowest BCUT2D eigenvalue weighted by atomic mass is 9.95. The quantitative estimate of drug-likeness (QED) is 0.209. The van der Waals surface area contributed by atoms with E-state index in [2.05, 4.69) is 5.16 Å². The van der Waals surface area contributed by atoms with Gasteiger partial charge in [0.2, 0.25) is 0 Å². The van der Waals surface area contributed by atoms with Gasteiger partial charge >= 0.3 is 5.91 Å². The van der Waals surface area contributed by atoms with Crippen LogP contribution < -0.4 is 9.64 Å². The van der Waals surface area contributed by atoms with Gasteiger partial charge in [-0.2, -0.15) is 0 Å². The first-order chi connectivity index (χ1) is 16.9. The van der Waals surface area contributed by atoms with E-state index in [1.165, 1.54) is 4.90 Å². The smallest absolute Gasteiger partial charge is 0.301 e. The van der Waals surface area contributed by atoms with Gasteiger partial charge in [0.25, 0.3) is 5.78 Å². The Morgan fingerprint density at radius 2 is 1.69 bits per heavy atom. The van der Waals surface area contributed by atoms with E-state index in [9.17, 15) is 14.7 Å². The molecule has 1 atom stereocenters. The van der Waals surface area contributed by atoms with Crippen LogP contribution in [-0.4, -0.2) is 22.0 Å². The van der Waals surface area contributed by atoms with E-state index in [4.69, 9.17) is 20.9 Å². The fourth-order valence-corrected chi connectivity index (χ4v) is 4.11. The Labute approximate surface area is 205 Å². The number of halogens is 1. The molecule has 3 aromatic carbocycles. The Bertz CT molecular complexity index is 1440. The summed E-state index contributed by atoms with van der Waals surface area (Å²) in [4.78, 5) is 27.6. The number of aliphatic hydroxyl groups is 1. The standard InChI is InChI=1S/C27H19ClN2O5/c1-16-14-22(29-35-16)30-24(18-6-5-9-21(15-18)34-20-7-3-2-4-8-20)23(26(32)27(30)33)25(31)17-10-12-19(28)13-11-17/h2-15,24,31H,1H3/b25-23-. The first kappa shape index (κ1) is 22.4. The van der Waals surface area contributed by atoms with E-state index >= 15 is 0 Å². The molecular formula is C27H19ClN2O5. The summed E-state index contributed by atoms with van der Waals surface area (Å²) in [6.45, 7) is 1.68. The maximum absolute atomic E-state index is 13.2. The summed E-state index contributed by atoms with van der Waals surface area (Å²) in [7, 11) is 0. The minimum Gasteiger partial charge on any atom is -0.507 e. The summed E-state index contributed by atoms with van der Waals surface area (Å²) in [6, 6.07) is 23.2. The van der Waals surface area contributed by atoms with E-state index < -0.39 is 17.7 Å². The van der Waals surface area contributed by atoms with Crippen LogP contribution in [0.4, 0.5) is 5.82 Å². The molecule has 174 valence electrons. The molecule has 5 rings (SSSR count). The number of benzene rings is 3. The summed E-state index contributed by atoms with van der Waals surface area (Å²) >= 11 is 5.98. The number of ether oxygens (including phenoxy) is 1. The van der Waals surface area contributed by atoms with E-state index in [0.29, 0.717) is 33.4 Å². The molecule has 8 heteroatoms. The Balaban J connectivity index is 1.65. The molecule has 0 spiro atoms. The number of anilines is 1. The van der Waals surface area contributed by atoms with E-state index in [-0.39, 0.29) is 17.2 Å². The number of carbonyl (C=O) groups excluding carboxylic acids is 2. The zero-order valence-electron chi connectivity index (χ0n) is 18.5. The number of aryl methyl sites for hydroxylation is 1. The number of aromatic nitrogens is 1. The van der Waals surface area contributed by atoms with Crippen LogP contribution in [0, 0.1) is 6.92 Å². The number of para-hydroxylation sites is 1. The molecular weight excluding hydrogens is 468 g/mol. The number of nitrogens with zero attached hydrogens (tertiary/aromatic N) is 2. The van der Waals surface area contributed by atoms with Gasteiger partial charge in [0.15, 0.2) is 5.82 Å². The predicted molar refractivity (Wildman–Crippen MR) is 130 cm³/mol. The molecule has 1 aliphatic rings. The van der Waals surface area contributed by atoms with Crippen molar-refractivity contribution in [3.05, 3.63) is 112 Å². The van der Waals surface area contributed by atoms with Gasteiger partial charge in [-0.15, -0.1) is 0 Å². The molecule has 1 saturated heterocycles. The second kappa shape index (κ2) is 9.12. The number of hydrogen-bond acceptors (Lipinski definition) is 6. The van der Waals surface area contributed by atoms with Crippen molar-refractivity contribution in [1.82, 2.24) is 5.16 Å². The van der Waals surface area contributed by atoms with Crippen molar-refractivity contribution in [2.75, 3.05) is 4.90 Å². The van der Waals surface area contributed by atoms with Crippen molar-refractivity contribution in [3.8, 4) is 11.5 Å². The number of Topliss-reactive ketones (excluding diaryl/α,β-unsaturated/α-hetero) is 1. The predicted octanol–water partition coefficient (Wildman–Crippen LogP) is 6.06. The molecule has 35 heavy (non-hydrogen) atoms. The van der Waals surface area contributed by atoms with E-state index in [1.54, 1.807) is 61.5 Å². The average Bonchev–Trinajstić information content (AvgIpc) is 3.40. The topological polar surface area (TPSA) is 92.9 Å². The van der Waals surface area contributed by atoms with Crippen molar-refractivity contribution < 1.29 is 24.0 Å². The van der Waals surface area contributed by atoms with Crippen LogP contribution in [0.15, 0.2) is 95.0 Å². The zero-order chi connectivity index (χ0) is 24.5. The molecule has 1 aliphatic heterocycles. The number of carbonyl (C=O) groups is 2. The highest BCUT2D eigenvalue weighted by molar-refractivity contribution is 6.51. The third-order valence-electron chi connectivity index (χ3n) is 5.58. The van der Waals surface area contributed by atoms with Crippen LogP contribution in [0.3, 0.4) is 0 Å². The minimum atomic E-state index is -0.963. The van der Waals surface area contributed by atoms with Crippen LogP contribution in [-0.2, 0) is 9.59 Å². The molecule has 4 aromatic rings. The van der Waals surface area contributed by atoms with Gasteiger partial charge in [-0.05, 0) is 61.0 Å². The lowest BCUT2D eigenvalue weighted by Crippen LogP contribution is -2.29. The largest absolute Gasteiger partial charge is 0.507 e. The molecule has 2 heterocycles. The van der Waals surface area contributed by atoms with Crippen molar-refractivity contribution in [2.45, 2.75) is 13.0 Å². The Morgan fingerprint density at radius 1 is 0.971 bits per heavy atom. The van der Waals surface area contributed by atoms with Gasteiger partial charge < -0.3 is 14.4 Å². The maximum atomic E-state index is 13.2. The Morgan fingerprint density at radius 3 is 2.37 bits per heavy atom. The molecule has 0 saturated carbocycles. The maximum Gasteiger partial charge on any atom is 0.301 e. The molecule has 1 N–H and O–H groups in total. The fraction of sp³-hybridized carbons (Fsp3) is 0.0741. The van der Waals surface area contributed by atoms with Gasteiger partial charge in [0, 0.05) is 16.7 Å². The number of rotatable bonds is 5. The number of ketones is 1. The summed E-state index contributed by atoms with van der Waals surface area (Å²) < 4.78 is 11.1. The van der Waals surface area contributed by atoms with Crippen LogP contribution in [0.2, 0.25) is 5.02 Å². The Kier molecular flexibility index (Phi) is 5.84. The highest BCUT2D eigenvalue weighted by Gasteiger charge is 2.48. The van der Waals surface area contributed by atoms with Gasteiger partial charge in [-0.25, -0.2) is 0 Å². The molecule has 0 bridgehead atoms. The summed E-state index contributed by atoms with van der Waals surface area (Å²) in [6.07, 6.45) is 0. The van der Waals surface area contributed by atoms with Crippen LogP contribution in [0.1, 0.15) is 22.9 Å². The molecule has 0 radical (unpaired) electrons. The molecule has 1 amide bonds. The molecule has 1 unspecified atom stereocenters. The van der Waals surface area contributed by atoms with Crippen molar-refractivity contribution in [2.24, 2.45) is 0 Å². The van der Waals surface area contributed by atoms with Crippen molar-refractivity contribution in [1.29, 1.82) is 0 Å². The molecule has 0 aliphatic carbocycles. The Hall–Kier alpha value is -4.36. The van der Waals surface area contributed by atoms with Crippen molar-refractivity contribution >= 4 is 34.9 Å². The normalized spacial score (nSPS) is 17.1. The highest BCUT2D eigenvalue weighted by atomic mass is 35.5. The monoisotopic (exact) mass is 486 g/mol. The summed E-state index contributed by atoms with van der Waals surface area (Å²) in [5.41, 5.74) is 0.828. The molecule has 1 aromatic heterocycles. The number of amides is 1. The fourth-order valence-electron chi connectivity index (χ4n) is 3.99. The van der Waals surface area contributed by atoms with Crippen LogP contribution in [0.5, 0.6) is 11.5 Å². The lowest BCUT2D eigenvalue weighted by Gasteiger charge is -2.23. The summed E-state index contributed by atoms with van der Waals surface area (Å²) in [5, 5.41) is 15.6. The van der Waals surface area contributed by atoms with Gasteiger partial charge in [-0.3, -0.25) is 14.5 Å². The van der Waals surface area contributed by atoms with Gasteiger partial charge in [-0.1, -0.05) is 47.1 Å². The second-order valence-electron chi connectivity index (χ2n) is 7.96. The van der Waals surface area contributed by atoms with Gasteiger partial charge in [0.05, 0.1) is 11.6 Å². The summed E-state index contributed by atoms with van der Waals surface area (Å²) in [5.74, 6) is -0.208. The average molecular weight is 487 g/mol. The number of hydrogen-bond donors (Lipinski definition) is 1. The number of aliphatic hydroxyl groups excluding tert-OH is 1. The lowest BCUT2D eigenvalue weighted by molar-refractivity contribution is -0.132. The molecule has 7 nitrogen and oxygen atoms in total. The van der Waals surface area contributed by atoms with Crippen LogP contribution in [0.25, 0.3) is 5.76 Å². The van der Waals surface area contributed by atoms with E-state index in [1.807, 2.05) is 30.3 Å². The second-order valence-corrected chi connectivity index (χ2v) is 8.40. The van der Waals surface area contributed by atoms with Gasteiger partial charge in [0.1, 0.15) is 23.0 Å².